The molecule has 80 valence electrons. The molecule has 1 aromatic rings. The summed E-state index contributed by atoms with van der Waals surface area (Å²) in [7, 11) is 1.30. The number of aliphatic hydroxyl groups is 1. The molecule has 0 aliphatic rings. The summed E-state index contributed by atoms with van der Waals surface area (Å²) in [5.41, 5.74) is 0.962. The third kappa shape index (κ3) is 2.48. The molecule has 0 radical (unpaired) electrons. The lowest BCUT2D eigenvalue weighted by Gasteiger charge is -2.06. The normalized spacial score (nSPS) is 11.1. The topological polar surface area (TPSA) is 78.2 Å². The van der Waals surface area contributed by atoms with E-state index < -0.39 is 15.7 Å². The number of benzene rings is 1. The summed E-state index contributed by atoms with van der Waals surface area (Å²) in [6, 6.07) is 4.51. The van der Waals surface area contributed by atoms with Gasteiger partial charge in [-0.05, 0) is 30.2 Å². The Morgan fingerprint density at radius 1 is 1.53 bits per heavy atom. The molecule has 1 rings (SSSR count). The van der Waals surface area contributed by atoms with Crippen LogP contribution in [-0.4, -0.2) is 13.5 Å². The summed E-state index contributed by atoms with van der Waals surface area (Å²) in [6.07, 6.45) is 0. The van der Waals surface area contributed by atoms with Crippen LogP contribution in [0.5, 0.6) is 0 Å². The first-order chi connectivity index (χ1) is 6.90. The van der Waals surface area contributed by atoms with Gasteiger partial charge >= 0.3 is 0 Å². The van der Waals surface area contributed by atoms with E-state index >= 15 is 0 Å². The number of aryl methyl sites for hydroxylation is 1. The van der Waals surface area contributed by atoms with Gasteiger partial charge in [-0.1, -0.05) is 0 Å². The predicted octanol–water partition coefficient (Wildman–Crippen LogP) is 1.29. The van der Waals surface area contributed by atoms with Gasteiger partial charge in [-0.3, -0.25) is 0 Å². The average molecular weight is 246 g/mol. The molecule has 6 heteroatoms. The van der Waals surface area contributed by atoms with Crippen molar-refractivity contribution in [2.75, 3.05) is 0 Å². The van der Waals surface area contributed by atoms with Gasteiger partial charge in [0.25, 0.3) is 9.05 Å². The maximum atomic E-state index is 11.1. The van der Waals surface area contributed by atoms with Crippen LogP contribution in [0.3, 0.4) is 0 Å². The second-order valence-corrected chi connectivity index (χ2v) is 5.52. The van der Waals surface area contributed by atoms with Gasteiger partial charge in [0.1, 0.15) is 0 Å². The third-order valence-electron chi connectivity index (χ3n) is 1.96. The molecule has 0 heterocycles. The lowest BCUT2D eigenvalue weighted by atomic mass is 10.1. The average Bonchev–Trinajstić information content (AvgIpc) is 2.16. The van der Waals surface area contributed by atoms with Crippen molar-refractivity contribution >= 4 is 19.7 Å². The Balaban J connectivity index is 3.57. The highest BCUT2D eigenvalue weighted by molar-refractivity contribution is 8.13. The van der Waals surface area contributed by atoms with Gasteiger partial charge in [-0.2, -0.15) is 5.26 Å². The Hall–Kier alpha value is -1.09. The molecule has 0 aliphatic carbocycles. The maximum Gasteiger partial charge on any atom is 0.261 e. The summed E-state index contributed by atoms with van der Waals surface area (Å²) >= 11 is 0. The zero-order valence-corrected chi connectivity index (χ0v) is 9.43. The number of aliphatic hydroxyl groups excluding tert-OH is 1. The van der Waals surface area contributed by atoms with Crippen molar-refractivity contribution in [1.29, 1.82) is 5.26 Å². The van der Waals surface area contributed by atoms with E-state index in [1.54, 1.807) is 6.92 Å². The molecule has 0 unspecified atom stereocenters. The Labute approximate surface area is 92.1 Å². The van der Waals surface area contributed by atoms with Crippen LogP contribution >= 0.6 is 10.7 Å². The third-order valence-corrected chi connectivity index (χ3v) is 3.37. The first-order valence-electron chi connectivity index (χ1n) is 3.99. The Morgan fingerprint density at radius 3 is 2.53 bits per heavy atom. The smallest absolute Gasteiger partial charge is 0.261 e. The lowest BCUT2D eigenvalue weighted by Crippen LogP contribution is -2.00. The highest BCUT2D eigenvalue weighted by Crippen LogP contribution is 2.23. The Morgan fingerprint density at radius 2 is 2.13 bits per heavy atom. The van der Waals surface area contributed by atoms with Crippen LogP contribution in [-0.2, 0) is 15.7 Å². The van der Waals surface area contributed by atoms with Gasteiger partial charge in [-0.15, -0.1) is 0 Å². The summed E-state index contributed by atoms with van der Waals surface area (Å²) < 4.78 is 22.3. The van der Waals surface area contributed by atoms with Gasteiger partial charge in [0.05, 0.1) is 23.1 Å². The molecule has 0 fully saturated rings. The molecule has 0 aliphatic heterocycles. The zero-order valence-electron chi connectivity index (χ0n) is 7.86. The van der Waals surface area contributed by atoms with E-state index in [1.165, 1.54) is 12.1 Å². The molecule has 0 bridgehead atoms. The van der Waals surface area contributed by atoms with Gasteiger partial charge in [-0.25, -0.2) is 8.42 Å². The van der Waals surface area contributed by atoms with Crippen molar-refractivity contribution < 1.29 is 13.5 Å². The van der Waals surface area contributed by atoms with E-state index in [-0.39, 0.29) is 10.5 Å². The zero-order chi connectivity index (χ0) is 11.6. The van der Waals surface area contributed by atoms with Crippen LogP contribution in [0.4, 0.5) is 0 Å². The van der Waals surface area contributed by atoms with Gasteiger partial charge in [0.15, 0.2) is 0 Å². The van der Waals surface area contributed by atoms with E-state index in [4.69, 9.17) is 21.1 Å². The van der Waals surface area contributed by atoms with E-state index in [1.807, 2.05) is 6.07 Å². The molecule has 0 spiro atoms. The number of nitrogens with zero attached hydrogens (tertiary/aromatic N) is 1. The second-order valence-electron chi connectivity index (χ2n) is 2.98. The van der Waals surface area contributed by atoms with Crippen molar-refractivity contribution in [3.63, 3.8) is 0 Å². The lowest BCUT2D eigenvalue weighted by molar-refractivity contribution is 0.278. The molecule has 4 nitrogen and oxygen atoms in total. The van der Waals surface area contributed by atoms with Crippen molar-refractivity contribution in [2.45, 2.75) is 18.4 Å². The van der Waals surface area contributed by atoms with E-state index in [0.717, 1.165) is 0 Å². The van der Waals surface area contributed by atoms with Crippen molar-refractivity contribution in [1.82, 2.24) is 0 Å². The number of nitriles is 1. The highest BCUT2D eigenvalue weighted by Gasteiger charge is 2.17. The fourth-order valence-corrected chi connectivity index (χ4v) is 2.38. The summed E-state index contributed by atoms with van der Waals surface area (Å²) in [4.78, 5) is -0.150. The molecular formula is C9H8ClNO3S. The van der Waals surface area contributed by atoms with Gasteiger partial charge < -0.3 is 5.11 Å². The first-order valence-corrected chi connectivity index (χ1v) is 6.30. The number of halogens is 1. The van der Waals surface area contributed by atoms with Gasteiger partial charge in [0, 0.05) is 10.7 Å². The standard InChI is InChI=1S/C9H8ClNO3S/c1-6-2-9(15(10,13)14)8(5-12)3-7(6)4-11/h2-3,12H,5H2,1H3. The van der Waals surface area contributed by atoms with Crippen molar-refractivity contribution in [3.05, 3.63) is 28.8 Å². The first kappa shape index (κ1) is 12.0. The minimum Gasteiger partial charge on any atom is -0.392 e. The largest absolute Gasteiger partial charge is 0.392 e. The predicted molar refractivity (Wildman–Crippen MR) is 54.9 cm³/mol. The molecular weight excluding hydrogens is 238 g/mol. The Bertz CT molecular complexity index is 531. The van der Waals surface area contributed by atoms with Crippen LogP contribution in [0.25, 0.3) is 0 Å². The summed E-state index contributed by atoms with van der Waals surface area (Å²) in [6.45, 7) is 1.13. The van der Waals surface area contributed by atoms with E-state index in [2.05, 4.69) is 0 Å². The minimum absolute atomic E-state index is 0.132. The molecule has 0 amide bonds. The number of hydrogen-bond donors (Lipinski definition) is 1. The van der Waals surface area contributed by atoms with E-state index in [0.29, 0.717) is 11.1 Å². The fourth-order valence-electron chi connectivity index (χ4n) is 1.20. The summed E-state index contributed by atoms with van der Waals surface area (Å²) in [5.74, 6) is 0. The fraction of sp³-hybridized carbons (Fsp3) is 0.222. The SMILES string of the molecule is Cc1cc(S(=O)(=O)Cl)c(CO)cc1C#N. The quantitative estimate of drug-likeness (QED) is 0.797. The van der Waals surface area contributed by atoms with Crippen molar-refractivity contribution in [2.24, 2.45) is 0 Å². The van der Waals surface area contributed by atoms with E-state index in [9.17, 15) is 8.42 Å². The molecule has 1 N–H and O–H groups in total. The maximum absolute atomic E-state index is 11.1. The minimum atomic E-state index is -3.89. The number of hydrogen-bond acceptors (Lipinski definition) is 4. The van der Waals surface area contributed by atoms with Crippen LogP contribution in [0.15, 0.2) is 17.0 Å². The molecule has 0 saturated heterocycles. The highest BCUT2D eigenvalue weighted by atomic mass is 35.7. The van der Waals surface area contributed by atoms with Gasteiger partial charge in [0.2, 0.25) is 0 Å². The van der Waals surface area contributed by atoms with Crippen LogP contribution in [0.2, 0.25) is 0 Å². The number of rotatable bonds is 2. The second kappa shape index (κ2) is 4.19. The van der Waals surface area contributed by atoms with Crippen LogP contribution < -0.4 is 0 Å². The molecule has 15 heavy (non-hydrogen) atoms. The molecule has 0 atom stereocenters. The Kier molecular flexibility index (Phi) is 3.35. The van der Waals surface area contributed by atoms with Crippen LogP contribution in [0.1, 0.15) is 16.7 Å². The summed E-state index contributed by atoms with van der Waals surface area (Å²) in [5, 5.41) is 17.7. The van der Waals surface area contributed by atoms with Crippen molar-refractivity contribution in [3.8, 4) is 6.07 Å². The molecule has 0 saturated carbocycles. The molecule has 1 aromatic carbocycles. The molecule has 0 aromatic heterocycles. The van der Waals surface area contributed by atoms with Crippen LogP contribution in [0, 0.1) is 18.3 Å². The monoisotopic (exact) mass is 245 g/mol.